The Labute approximate surface area is 114 Å². The molecule has 2 aliphatic carbocycles. The third-order valence-corrected chi connectivity index (χ3v) is 4.95. The Morgan fingerprint density at radius 2 is 2.00 bits per heavy atom. The topological polar surface area (TPSA) is 9.23 Å². The zero-order valence-electron chi connectivity index (χ0n) is 11.2. The summed E-state index contributed by atoms with van der Waals surface area (Å²) in [6.07, 6.45) is 7.09. The first-order valence-corrected chi connectivity index (χ1v) is 7.42. The third-order valence-electron chi connectivity index (χ3n) is 4.65. The fourth-order valence-electron chi connectivity index (χ4n) is 3.23. The van der Waals surface area contributed by atoms with E-state index >= 15 is 0 Å². The highest BCUT2D eigenvalue weighted by Gasteiger charge is 2.49. The molecule has 1 spiro atoms. The van der Waals surface area contributed by atoms with Crippen LogP contribution in [-0.4, -0.2) is 6.10 Å². The molecule has 98 valence electrons. The van der Waals surface area contributed by atoms with Gasteiger partial charge in [-0.05, 0) is 54.7 Å². The van der Waals surface area contributed by atoms with E-state index in [9.17, 15) is 0 Å². The molecule has 2 fully saturated rings. The van der Waals surface area contributed by atoms with Crippen molar-refractivity contribution in [3.63, 3.8) is 0 Å². The fourth-order valence-corrected chi connectivity index (χ4v) is 3.46. The quantitative estimate of drug-likeness (QED) is 0.731. The van der Waals surface area contributed by atoms with Crippen LogP contribution in [-0.2, 0) is 0 Å². The van der Waals surface area contributed by atoms with Crippen molar-refractivity contribution in [3.8, 4) is 5.75 Å². The van der Waals surface area contributed by atoms with E-state index < -0.39 is 0 Å². The molecule has 1 nitrogen and oxygen atoms in total. The van der Waals surface area contributed by atoms with Gasteiger partial charge in [0.1, 0.15) is 5.75 Å². The van der Waals surface area contributed by atoms with Crippen LogP contribution in [0.15, 0.2) is 18.2 Å². The Morgan fingerprint density at radius 1 is 1.28 bits per heavy atom. The van der Waals surface area contributed by atoms with Crippen molar-refractivity contribution in [1.82, 2.24) is 0 Å². The molecule has 2 saturated carbocycles. The number of benzene rings is 1. The first-order valence-electron chi connectivity index (χ1n) is 7.04. The summed E-state index contributed by atoms with van der Waals surface area (Å²) in [6.45, 7) is 4.36. The Kier molecular flexibility index (Phi) is 3.05. The van der Waals surface area contributed by atoms with Crippen LogP contribution in [0.3, 0.4) is 0 Å². The zero-order chi connectivity index (χ0) is 12.8. The largest absolute Gasteiger partial charge is 0.489 e. The minimum atomic E-state index is 0.396. The molecule has 0 aliphatic heterocycles. The molecule has 2 heteroatoms. The van der Waals surface area contributed by atoms with Crippen LogP contribution in [0.5, 0.6) is 5.75 Å². The molecule has 2 aliphatic rings. The molecule has 3 rings (SSSR count). The first-order chi connectivity index (χ1) is 8.58. The molecule has 0 N–H and O–H groups in total. The van der Waals surface area contributed by atoms with E-state index in [4.69, 9.17) is 16.3 Å². The van der Waals surface area contributed by atoms with Crippen molar-refractivity contribution < 1.29 is 4.74 Å². The van der Waals surface area contributed by atoms with Crippen molar-refractivity contribution in [2.24, 2.45) is 5.41 Å². The van der Waals surface area contributed by atoms with Crippen LogP contribution in [0.25, 0.3) is 0 Å². The van der Waals surface area contributed by atoms with Gasteiger partial charge in [0.05, 0.1) is 11.1 Å². The van der Waals surface area contributed by atoms with Crippen molar-refractivity contribution in [2.45, 2.75) is 58.0 Å². The summed E-state index contributed by atoms with van der Waals surface area (Å²) in [6, 6.07) is 6.20. The van der Waals surface area contributed by atoms with Gasteiger partial charge in [-0.3, -0.25) is 0 Å². The second-order valence-electron chi connectivity index (χ2n) is 6.35. The number of halogens is 1. The minimum absolute atomic E-state index is 0.396. The van der Waals surface area contributed by atoms with Crippen LogP contribution in [0, 0.1) is 5.41 Å². The monoisotopic (exact) mass is 264 g/mol. The summed E-state index contributed by atoms with van der Waals surface area (Å²) < 4.78 is 6.02. The molecule has 0 amide bonds. The Bertz CT molecular complexity index is 440. The minimum Gasteiger partial charge on any atom is -0.489 e. The predicted molar refractivity (Wildman–Crippen MR) is 75.5 cm³/mol. The summed E-state index contributed by atoms with van der Waals surface area (Å²) in [7, 11) is 0. The lowest BCUT2D eigenvalue weighted by molar-refractivity contribution is -0.0681. The van der Waals surface area contributed by atoms with E-state index in [0.717, 1.165) is 10.8 Å². The smallest absolute Gasteiger partial charge is 0.138 e. The van der Waals surface area contributed by atoms with Gasteiger partial charge < -0.3 is 4.74 Å². The van der Waals surface area contributed by atoms with Crippen molar-refractivity contribution in [1.29, 1.82) is 0 Å². The highest BCUT2D eigenvalue weighted by molar-refractivity contribution is 6.32. The standard InChI is InChI=1S/C16H21ClO/c1-11(2)12-4-5-15(14(17)8-12)18-13-9-16(10-13)6-3-7-16/h4-5,8,11,13H,3,6-7,9-10H2,1-2H3. The average molecular weight is 265 g/mol. The molecule has 0 atom stereocenters. The first kappa shape index (κ1) is 12.3. The molecular weight excluding hydrogens is 244 g/mol. The van der Waals surface area contributed by atoms with Gasteiger partial charge in [-0.1, -0.05) is 37.9 Å². The fraction of sp³-hybridized carbons (Fsp3) is 0.625. The molecule has 0 heterocycles. The van der Waals surface area contributed by atoms with Crippen LogP contribution < -0.4 is 4.74 Å². The highest BCUT2D eigenvalue weighted by atomic mass is 35.5. The van der Waals surface area contributed by atoms with E-state index in [2.05, 4.69) is 19.9 Å². The van der Waals surface area contributed by atoms with Gasteiger partial charge in [0.25, 0.3) is 0 Å². The summed E-state index contributed by atoms with van der Waals surface area (Å²) >= 11 is 6.29. The number of rotatable bonds is 3. The summed E-state index contributed by atoms with van der Waals surface area (Å²) in [5, 5.41) is 0.760. The Hall–Kier alpha value is -0.690. The Morgan fingerprint density at radius 3 is 2.50 bits per heavy atom. The van der Waals surface area contributed by atoms with E-state index in [-0.39, 0.29) is 0 Å². The van der Waals surface area contributed by atoms with E-state index in [1.54, 1.807) is 0 Å². The predicted octanol–water partition coefficient (Wildman–Crippen LogP) is 5.17. The number of hydrogen-bond acceptors (Lipinski definition) is 1. The molecule has 0 radical (unpaired) electrons. The molecular formula is C16H21ClO. The number of hydrogen-bond donors (Lipinski definition) is 0. The van der Waals surface area contributed by atoms with E-state index in [0.29, 0.717) is 17.4 Å². The van der Waals surface area contributed by atoms with E-state index in [1.807, 2.05) is 12.1 Å². The highest BCUT2D eigenvalue weighted by Crippen LogP contribution is 2.56. The molecule has 18 heavy (non-hydrogen) atoms. The summed E-state index contributed by atoms with van der Waals surface area (Å²) in [4.78, 5) is 0. The van der Waals surface area contributed by atoms with Gasteiger partial charge in [-0.2, -0.15) is 0 Å². The maximum Gasteiger partial charge on any atom is 0.138 e. The van der Waals surface area contributed by atoms with Gasteiger partial charge in [0.15, 0.2) is 0 Å². The molecule has 0 unspecified atom stereocenters. The van der Waals surface area contributed by atoms with Crippen molar-refractivity contribution >= 4 is 11.6 Å². The van der Waals surface area contributed by atoms with Crippen LogP contribution in [0.4, 0.5) is 0 Å². The normalized spacial score (nSPS) is 21.8. The summed E-state index contributed by atoms with van der Waals surface area (Å²) in [5.74, 6) is 1.37. The van der Waals surface area contributed by atoms with Crippen LogP contribution in [0.1, 0.15) is 57.4 Å². The van der Waals surface area contributed by atoms with Crippen molar-refractivity contribution in [2.75, 3.05) is 0 Å². The second kappa shape index (κ2) is 4.45. The second-order valence-corrected chi connectivity index (χ2v) is 6.75. The third kappa shape index (κ3) is 2.14. The van der Waals surface area contributed by atoms with E-state index in [1.165, 1.54) is 37.7 Å². The molecule has 0 aromatic heterocycles. The SMILES string of the molecule is CC(C)c1ccc(OC2CC3(CCC3)C2)c(Cl)c1. The lowest BCUT2D eigenvalue weighted by atomic mass is 9.55. The van der Waals surface area contributed by atoms with Gasteiger partial charge >= 0.3 is 0 Å². The van der Waals surface area contributed by atoms with Gasteiger partial charge in [-0.15, -0.1) is 0 Å². The Balaban J connectivity index is 1.63. The molecule has 0 saturated heterocycles. The van der Waals surface area contributed by atoms with Crippen LogP contribution in [0.2, 0.25) is 5.02 Å². The molecule has 1 aromatic rings. The lowest BCUT2D eigenvalue weighted by Gasteiger charge is -2.53. The maximum absolute atomic E-state index is 6.29. The van der Waals surface area contributed by atoms with Gasteiger partial charge in [0, 0.05) is 0 Å². The molecule has 1 aromatic carbocycles. The van der Waals surface area contributed by atoms with Crippen molar-refractivity contribution in [3.05, 3.63) is 28.8 Å². The average Bonchev–Trinajstić information content (AvgIpc) is 2.21. The number of ether oxygens (including phenoxy) is 1. The molecule has 0 bridgehead atoms. The van der Waals surface area contributed by atoms with Crippen LogP contribution >= 0.6 is 11.6 Å². The summed E-state index contributed by atoms with van der Waals surface area (Å²) in [5.41, 5.74) is 1.94. The van der Waals surface area contributed by atoms with Gasteiger partial charge in [-0.25, -0.2) is 0 Å². The zero-order valence-corrected chi connectivity index (χ0v) is 12.0. The maximum atomic E-state index is 6.29. The van der Waals surface area contributed by atoms with Gasteiger partial charge in [0.2, 0.25) is 0 Å². The lowest BCUT2D eigenvalue weighted by Crippen LogP contribution is -2.48.